The molecule has 0 radical (unpaired) electrons. The van der Waals surface area contributed by atoms with Gasteiger partial charge in [-0.1, -0.05) is 6.07 Å². The van der Waals surface area contributed by atoms with Crippen LogP contribution in [-0.2, 0) is 19.0 Å². The number of para-hydroxylation sites is 1. The van der Waals surface area contributed by atoms with Crippen molar-refractivity contribution in [1.82, 2.24) is 5.32 Å². The molecular weight excluding hydrogens is 316 g/mol. The second-order valence-electron chi connectivity index (χ2n) is 5.02. The Morgan fingerprint density at radius 3 is 2.83 bits per heavy atom. The van der Waals surface area contributed by atoms with Crippen LogP contribution in [0.25, 0.3) is 0 Å². The average molecular weight is 338 g/mol. The first-order chi connectivity index (χ1) is 11.7. The minimum atomic E-state index is -0.539. The number of carbonyl (C=O) groups excluding carboxylic acids is 1. The summed E-state index contributed by atoms with van der Waals surface area (Å²) in [7, 11) is 2.93. The standard InChI is InChI=1S/C16H22N2O6/c1-21-6-7-23-8-9-24-13-5-3-4-11(14(13)19)15-17-10-12(18-15)16(20)22-2/h3-5,12,19H,6-10H2,1-2H3,(H,17,18). The Morgan fingerprint density at radius 2 is 2.08 bits per heavy atom. The van der Waals surface area contributed by atoms with Gasteiger partial charge in [0.2, 0.25) is 0 Å². The van der Waals surface area contributed by atoms with E-state index in [0.29, 0.717) is 43.6 Å². The Hall–Kier alpha value is -2.32. The van der Waals surface area contributed by atoms with Gasteiger partial charge < -0.3 is 29.4 Å². The molecule has 0 fully saturated rings. The van der Waals surface area contributed by atoms with Crippen LogP contribution in [-0.4, -0.2) is 70.1 Å². The summed E-state index contributed by atoms with van der Waals surface area (Å²) in [6.45, 7) is 1.96. The molecule has 1 atom stereocenters. The van der Waals surface area contributed by atoms with E-state index in [1.165, 1.54) is 7.11 Å². The Bertz CT molecular complexity index is 590. The van der Waals surface area contributed by atoms with Crippen molar-refractivity contribution in [3.8, 4) is 11.5 Å². The molecule has 2 N–H and O–H groups in total. The summed E-state index contributed by atoms with van der Waals surface area (Å²) >= 11 is 0. The number of hydrogen-bond acceptors (Lipinski definition) is 8. The number of ether oxygens (including phenoxy) is 4. The Kier molecular flexibility index (Phi) is 6.83. The van der Waals surface area contributed by atoms with Gasteiger partial charge in [-0.2, -0.15) is 0 Å². The van der Waals surface area contributed by atoms with Gasteiger partial charge in [0, 0.05) is 7.11 Å². The molecule has 1 unspecified atom stereocenters. The van der Waals surface area contributed by atoms with Gasteiger partial charge in [-0.25, -0.2) is 4.79 Å². The minimum Gasteiger partial charge on any atom is -0.504 e. The minimum absolute atomic E-state index is 0.0360. The molecule has 1 aliphatic rings. The maximum Gasteiger partial charge on any atom is 0.330 e. The summed E-state index contributed by atoms with van der Waals surface area (Å²) in [5.41, 5.74) is 0.471. The van der Waals surface area contributed by atoms with Crippen LogP contribution in [0.3, 0.4) is 0 Å². The highest BCUT2D eigenvalue weighted by atomic mass is 16.5. The van der Waals surface area contributed by atoms with Gasteiger partial charge in [-0.3, -0.25) is 4.99 Å². The average Bonchev–Trinajstić information content (AvgIpc) is 3.08. The molecule has 0 spiro atoms. The van der Waals surface area contributed by atoms with Crippen LogP contribution in [0.4, 0.5) is 0 Å². The number of aromatic hydroxyl groups is 1. The Morgan fingerprint density at radius 1 is 1.29 bits per heavy atom. The van der Waals surface area contributed by atoms with E-state index >= 15 is 0 Å². The van der Waals surface area contributed by atoms with Crippen molar-refractivity contribution < 1.29 is 28.8 Å². The van der Waals surface area contributed by atoms with Gasteiger partial charge >= 0.3 is 5.97 Å². The normalized spacial score (nSPS) is 16.4. The predicted octanol–water partition coefficient (Wildman–Crippen LogP) is 0.325. The van der Waals surface area contributed by atoms with Crippen molar-refractivity contribution in [1.29, 1.82) is 0 Å². The number of rotatable bonds is 9. The first-order valence-electron chi connectivity index (χ1n) is 7.58. The van der Waals surface area contributed by atoms with Gasteiger partial charge in [0.1, 0.15) is 18.5 Å². The molecular formula is C16H22N2O6. The molecule has 0 bridgehead atoms. The number of hydrogen-bond donors (Lipinski definition) is 2. The van der Waals surface area contributed by atoms with Gasteiger partial charge in [-0.05, 0) is 12.1 Å². The van der Waals surface area contributed by atoms with Crippen molar-refractivity contribution in [3.05, 3.63) is 23.8 Å². The molecule has 0 saturated carbocycles. The van der Waals surface area contributed by atoms with Crippen LogP contribution in [0.5, 0.6) is 11.5 Å². The summed E-state index contributed by atoms with van der Waals surface area (Å²) in [5.74, 6) is 0.332. The van der Waals surface area contributed by atoms with Gasteiger partial charge in [0.05, 0.1) is 39.0 Å². The van der Waals surface area contributed by atoms with Gasteiger partial charge in [-0.15, -0.1) is 0 Å². The lowest BCUT2D eigenvalue weighted by Gasteiger charge is -2.13. The lowest BCUT2D eigenvalue weighted by molar-refractivity contribution is -0.142. The molecule has 1 aromatic carbocycles. The Balaban J connectivity index is 1.92. The van der Waals surface area contributed by atoms with Crippen molar-refractivity contribution in [2.45, 2.75) is 6.04 Å². The maximum atomic E-state index is 11.5. The fourth-order valence-corrected chi connectivity index (χ4v) is 2.16. The number of methoxy groups -OCH3 is 2. The van der Waals surface area contributed by atoms with Gasteiger partial charge in [0.25, 0.3) is 0 Å². The summed E-state index contributed by atoms with van der Waals surface area (Å²) in [6, 6.07) is 4.55. The zero-order valence-electron chi connectivity index (χ0n) is 13.8. The molecule has 8 nitrogen and oxygen atoms in total. The SMILES string of the molecule is COCCOCCOc1cccc(C2=NCC(C(=O)OC)N2)c1O. The summed E-state index contributed by atoms with van der Waals surface area (Å²) < 4.78 is 20.4. The largest absolute Gasteiger partial charge is 0.504 e. The highest BCUT2D eigenvalue weighted by molar-refractivity contribution is 6.05. The maximum absolute atomic E-state index is 11.5. The third-order valence-corrected chi connectivity index (χ3v) is 3.40. The van der Waals surface area contributed by atoms with E-state index in [0.717, 1.165) is 0 Å². The summed E-state index contributed by atoms with van der Waals surface area (Å²) in [5, 5.41) is 13.3. The molecule has 0 aromatic heterocycles. The van der Waals surface area contributed by atoms with Crippen LogP contribution >= 0.6 is 0 Å². The number of benzene rings is 1. The van der Waals surface area contributed by atoms with Crippen LogP contribution in [0.1, 0.15) is 5.56 Å². The van der Waals surface area contributed by atoms with E-state index in [4.69, 9.17) is 14.2 Å². The van der Waals surface area contributed by atoms with E-state index in [1.807, 2.05) is 0 Å². The van der Waals surface area contributed by atoms with Crippen LogP contribution in [0.2, 0.25) is 0 Å². The molecule has 2 rings (SSSR count). The summed E-state index contributed by atoms with van der Waals surface area (Å²) in [4.78, 5) is 15.8. The molecule has 8 heteroatoms. The molecule has 1 aliphatic heterocycles. The highest BCUT2D eigenvalue weighted by Crippen LogP contribution is 2.30. The number of phenols is 1. The lowest BCUT2D eigenvalue weighted by atomic mass is 10.1. The van der Waals surface area contributed by atoms with Gasteiger partial charge in [0.15, 0.2) is 11.5 Å². The summed E-state index contributed by atoms with van der Waals surface area (Å²) in [6.07, 6.45) is 0. The zero-order valence-corrected chi connectivity index (χ0v) is 13.8. The first-order valence-corrected chi connectivity index (χ1v) is 7.58. The van der Waals surface area contributed by atoms with Crippen molar-refractivity contribution in [2.75, 3.05) is 47.2 Å². The van der Waals surface area contributed by atoms with Crippen LogP contribution < -0.4 is 10.1 Å². The lowest BCUT2D eigenvalue weighted by Crippen LogP contribution is -2.38. The third-order valence-electron chi connectivity index (χ3n) is 3.40. The van der Waals surface area contributed by atoms with E-state index in [1.54, 1.807) is 25.3 Å². The van der Waals surface area contributed by atoms with E-state index in [9.17, 15) is 9.90 Å². The quantitative estimate of drug-likeness (QED) is 0.494. The second-order valence-corrected chi connectivity index (χ2v) is 5.02. The zero-order chi connectivity index (χ0) is 17.4. The van der Waals surface area contributed by atoms with Crippen LogP contribution in [0, 0.1) is 0 Å². The molecule has 0 saturated heterocycles. The number of nitrogens with one attached hydrogen (secondary N) is 1. The number of phenolic OH excluding ortho intramolecular Hbond substituents is 1. The van der Waals surface area contributed by atoms with Crippen molar-refractivity contribution >= 4 is 11.8 Å². The molecule has 0 aliphatic carbocycles. The second kappa shape index (κ2) is 9.09. The van der Waals surface area contributed by atoms with E-state index in [2.05, 4.69) is 15.0 Å². The number of nitrogens with zero attached hydrogens (tertiary/aromatic N) is 1. The molecule has 1 aromatic rings. The van der Waals surface area contributed by atoms with Crippen molar-refractivity contribution in [3.63, 3.8) is 0 Å². The number of esters is 1. The first kappa shape index (κ1) is 18.0. The Labute approximate surface area is 140 Å². The molecule has 24 heavy (non-hydrogen) atoms. The monoisotopic (exact) mass is 338 g/mol. The number of amidine groups is 1. The third kappa shape index (κ3) is 4.59. The molecule has 132 valence electrons. The molecule has 0 amide bonds. The predicted molar refractivity (Wildman–Crippen MR) is 86.6 cm³/mol. The fraction of sp³-hybridized carbons (Fsp3) is 0.500. The van der Waals surface area contributed by atoms with Crippen LogP contribution in [0.15, 0.2) is 23.2 Å². The number of carbonyl (C=O) groups is 1. The van der Waals surface area contributed by atoms with E-state index < -0.39 is 12.0 Å². The highest BCUT2D eigenvalue weighted by Gasteiger charge is 2.27. The van der Waals surface area contributed by atoms with Crippen molar-refractivity contribution in [2.24, 2.45) is 4.99 Å². The number of aliphatic imine (C=N–C) groups is 1. The fourth-order valence-electron chi connectivity index (χ4n) is 2.16. The topological polar surface area (TPSA) is 98.6 Å². The smallest absolute Gasteiger partial charge is 0.330 e. The molecule has 1 heterocycles. The van der Waals surface area contributed by atoms with E-state index in [-0.39, 0.29) is 12.3 Å².